The van der Waals surface area contributed by atoms with Gasteiger partial charge in [0.05, 0.1) is 24.9 Å². The molecule has 1 N–H and O–H groups in total. The van der Waals surface area contributed by atoms with Crippen molar-refractivity contribution in [3.05, 3.63) is 35.4 Å². The largest absolute Gasteiger partial charge is 0.370 e. The summed E-state index contributed by atoms with van der Waals surface area (Å²) in [7, 11) is 1.59. The number of ether oxygens (including phenoxy) is 2. The van der Waals surface area contributed by atoms with Crippen molar-refractivity contribution in [1.29, 1.82) is 0 Å². The van der Waals surface area contributed by atoms with Gasteiger partial charge in [-0.15, -0.1) is 0 Å². The summed E-state index contributed by atoms with van der Waals surface area (Å²) in [6.45, 7) is 3.87. The standard InChI is InChI=1S/C19H26N2O4/c1-14-4-6-15(7-5-14)18(23)21-9-3-8-19(13-21)10-16(11-25-19)24-12-17(22)20-2/h4-7,16H,3,8-13H2,1-2H3,(H,20,22). The molecule has 2 unspecified atom stereocenters. The summed E-state index contributed by atoms with van der Waals surface area (Å²) in [4.78, 5) is 26.0. The quantitative estimate of drug-likeness (QED) is 0.898. The summed E-state index contributed by atoms with van der Waals surface area (Å²) in [5.41, 5.74) is 1.52. The summed E-state index contributed by atoms with van der Waals surface area (Å²) < 4.78 is 11.7. The van der Waals surface area contributed by atoms with Gasteiger partial charge in [-0.1, -0.05) is 17.7 Å². The zero-order valence-corrected chi connectivity index (χ0v) is 14.9. The minimum atomic E-state index is -0.341. The van der Waals surface area contributed by atoms with Gasteiger partial charge < -0.3 is 19.7 Å². The zero-order valence-electron chi connectivity index (χ0n) is 14.9. The lowest BCUT2D eigenvalue weighted by Crippen LogP contribution is -2.50. The first kappa shape index (κ1) is 17.9. The maximum absolute atomic E-state index is 12.8. The highest BCUT2D eigenvalue weighted by molar-refractivity contribution is 5.94. The maximum Gasteiger partial charge on any atom is 0.253 e. The first-order valence-electron chi connectivity index (χ1n) is 8.83. The van der Waals surface area contributed by atoms with Crippen LogP contribution in [0.2, 0.25) is 0 Å². The number of piperidine rings is 1. The van der Waals surface area contributed by atoms with Crippen LogP contribution in [-0.4, -0.2) is 61.8 Å². The van der Waals surface area contributed by atoms with Crippen LogP contribution in [0.1, 0.15) is 35.2 Å². The molecule has 136 valence electrons. The molecule has 2 aliphatic rings. The fourth-order valence-electron chi connectivity index (χ4n) is 3.61. The van der Waals surface area contributed by atoms with Crippen LogP contribution in [0.4, 0.5) is 0 Å². The molecule has 2 atom stereocenters. The Hall–Kier alpha value is -1.92. The van der Waals surface area contributed by atoms with Crippen LogP contribution in [0.3, 0.4) is 0 Å². The van der Waals surface area contributed by atoms with E-state index in [4.69, 9.17) is 9.47 Å². The minimum Gasteiger partial charge on any atom is -0.370 e. The van der Waals surface area contributed by atoms with E-state index in [0.717, 1.165) is 31.4 Å². The molecule has 1 aromatic rings. The van der Waals surface area contributed by atoms with Crippen LogP contribution >= 0.6 is 0 Å². The molecule has 2 fully saturated rings. The average molecular weight is 346 g/mol. The summed E-state index contributed by atoms with van der Waals surface area (Å²) in [5, 5.41) is 2.55. The lowest BCUT2D eigenvalue weighted by Gasteiger charge is -2.39. The van der Waals surface area contributed by atoms with E-state index in [9.17, 15) is 9.59 Å². The number of hydrogen-bond donors (Lipinski definition) is 1. The highest BCUT2D eigenvalue weighted by Crippen LogP contribution is 2.36. The molecule has 2 amide bonds. The predicted molar refractivity (Wildman–Crippen MR) is 93.4 cm³/mol. The molecule has 0 bridgehead atoms. The molecule has 25 heavy (non-hydrogen) atoms. The lowest BCUT2D eigenvalue weighted by atomic mass is 9.89. The highest BCUT2D eigenvalue weighted by atomic mass is 16.6. The topological polar surface area (TPSA) is 67.9 Å². The van der Waals surface area contributed by atoms with E-state index in [2.05, 4.69) is 5.32 Å². The summed E-state index contributed by atoms with van der Waals surface area (Å²) in [6.07, 6.45) is 2.47. The van der Waals surface area contributed by atoms with Crippen molar-refractivity contribution in [3.8, 4) is 0 Å². The van der Waals surface area contributed by atoms with Crippen molar-refractivity contribution in [2.24, 2.45) is 0 Å². The molecular formula is C19H26N2O4. The lowest BCUT2D eigenvalue weighted by molar-refractivity contribution is -0.127. The number of amides is 2. The van der Waals surface area contributed by atoms with Crippen molar-refractivity contribution in [2.45, 2.75) is 37.9 Å². The van der Waals surface area contributed by atoms with Crippen molar-refractivity contribution in [1.82, 2.24) is 10.2 Å². The summed E-state index contributed by atoms with van der Waals surface area (Å²) in [5.74, 6) is -0.0850. The van der Waals surface area contributed by atoms with Crippen LogP contribution in [0.25, 0.3) is 0 Å². The summed E-state index contributed by atoms with van der Waals surface area (Å²) in [6, 6.07) is 7.68. The van der Waals surface area contributed by atoms with Crippen molar-refractivity contribution in [2.75, 3.05) is 33.4 Å². The SMILES string of the molecule is CNC(=O)COC1COC2(CCCN(C(=O)c3ccc(C)cc3)C2)C1. The van der Waals surface area contributed by atoms with E-state index in [1.807, 2.05) is 36.1 Å². The van der Waals surface area contributed by atoms with E-state index in [1.54, 1.807) is 7.05 Å². The molecule has 0 aliphatic carbocycles. The molecular weight excluding hydrogens is 320 g/mol. The molecule has 2 saturated heterocycles. The highest BCUT2D eigenvalue weighted by Gasteiger charge is 2.45. The normalized spacial score (nSPS) is 26.0. The van der Waals surface area contributed by atoms with Gasteiger partial charge in [0.1, 0.15) is 6.61 Å². The Kier molecular flexibility index (Phi) is 5.39. The Morgan fingerprint density at radius 2 is 2.12 bits per heavy atom. The van der Waals surface area contributed by atoms with Crippen LogP contribution in [-0.2, 0) is 14.3 Å². The smallest absolute Gasteiger partial charge is 0.253 e. The number of likely N-dealkylation sites (tertiary alicyclic amines) is 1. The number of hydrogen-bond acceptors (Lipinski definition) is 4. The third kappa shape index (κ3) is 4.19. The van der Waals surface area contributed by atoms with Crippen molar-refractivity contribution < 1.29 is 19.1 Å². The number of rotatable bonds is 4. The van der Waals surface area contributed by atoms with Crippen LogP contribution in [0, 0.1) is 6.92 Å². The molecule has 6 nitrogen and oxygen atoms in total. The molecule has 6 heteroatoms. The molecule has 1 aromatic carbocycles. The molecule has 3 rings (SSSR count). The Morgan fingerprint density at radius 3 is 2.84 bits per heavy atom. The molecule has 2 aliphatic heterocycles. The Morgan fingerprint density at radius 1 is 1.36 bits per heavy atom. The monoisotopic (exact) mass is 346 g/mol. The van der Waals surface area contributed by atoms with Crippen molar-refractivity contribution in [3.63, 3.8) is 0 Å². The van der Waals surface area contributed by atoms with E-state index in [-0.39, 0.29) is 30.1 Å². The number of carbonyl (C=O) groups excluding carboxylic acids is 2. The predicted octanol–water partition coefficient (Wildman–Crippen LogP) is 1.52. The number of nitrogens with one attached hydrogen (secondary N) is 1. The third-order valence-corrected chi connectivity index (χ3v) is 5.03. The van der Waals surface area contributed by atoms with Gasteiger partial charge in [0, 0.05) is 25.6 Å². The van der Waals surface area contributed by atoms with Crippen molar-refractivity contribution >= 4 is 11.8 Å². The second-order valence-electron chi connectivity index (χ2n) is 7.00. The number of carbonyl (C=O) groups is 2. The minimum absolute atomic E-state index is 0.0482. The third-order valence-electron chi connectivity index (χ3n) is 5.03. The maximum atomic E-state index is 12.8. The van der Waals surface area contributed by atoms with Gasteiger partial charge in [0.2, 0.25) is 5.91 Å². The Balaban J connectivity index is 1.60. The zero-order chi connectivity index (χ0) is 17.9. The molecule has 0 radical (unpaired) electrons. The van der Waals surface area contributed by atoms with Gasteiger partial charge in [-0.25, -0.2) is 0 Å². The fraction of sp³-hybridized carbons (Fsp3) is 0.579. The Bertz CT molecular complexity index is 631. The first-order valence-corrected chi connectivity index (χ1v) is 8.83. The number of nitrogens with zero attached hydrogens (tertiary/aromatic N) is 1. The number of aryl methyl sites for hydroxylation is 1. The Labute approximate surface area is 148 Å². The average Bonchev–Trinajstić information content (AvgIpc) is 3.02. The van der Waals surface area contributed by atoms with Crippen LogP contribution < -0.4 is 5.32 Å². The second kappa shape index (κ2) is 7.54. The number of likely N-dealkylation sites (N-methyl/N-ethyl adjacent to an activating group) is 1. The first-order chi connectivity index (χ1) is 12.0. The summed E-state index contributed by atoms with van der Waals surface area (Å²) >= 11 is 0. The van der Waals surface area contributed by atoms with Gasteiger partial charge in [-0.2, -0.15) is 0 Å². The van der Waals surface area contributed by atoms with E-state index in [0.29, 0.717) is 18.7 Å². The number of benzene rings is 1. The van der Waals surface area contributed by atoms with Gasteiger partial charge in [-0.05, 0) is 31.9 Å². The van der Waals surface area contributed by atoms with Crippen LogP contribution in [0.15, 0.2) is 24.3 Å². The molecule has 0 aromatic heterocycles. The molecule has 1 spiro atoms. The van der Waals surface area contributed by atoms with Crippen LogP contribution in [0.5, 0.6) is 0 Å². The van der Waals surface area contributed by atoms with Gasteiger partial charge in [0.25, 0.3) is 5.91 Å². The second-order valence-corrected chi connectivity index (χ2v) is 7.00. The fourth-order valence-corrected chi connectivity index (χ4v) is 3.61. The molecule has 0 saturated carbocycles. The van der Waals surface area contributed by atoms with Gasteiger partial charge in [0.15, 0.2) is 0 Å². The van der Waals surface area contributed by atoms with E-state index < -0.39 is 0 Å². The van der Waals surface area contributed by atoms with E-state index >= 15 is 0 Å². The van der Waals surface area contributed by atoms with Gasteiger partial charge in [-0.3, -0.25) is 9.59 Å². The van der Waals surface area contributed by atoms with E-state index in [1.165, 1.54) is 0 Å². The van der Waals surface area contributed by atoms with Gasteiger partial charge >= 0.3 is 0 Å². The molecule has 2 heterocycles.